The third kappa shape index (κ3) is 5.63. The summed E-state index contributed by atoms with van der Waals surface area (Å²) < 4.78 is 10.7. The zero-order valence-corrected chi connectivity index (χ0v) is 16.7. The Balaban J connectivity index is 1.90. The second-order valence-corrected chi connectivity index (χ2v) is 7.16. The number of benzene rings is 1. The molecular weight excluding hydrogens is 362 g/mol. The lowest BCUT2D eigenvalue weighted by molar-refractivity contribution is -0.144. The molecule has 0 unspecified atom stereocenters. The van der Waals surface area contributed by atoms with Gasteiger partial charge in [0.1, 0.15) is 17.9 Å². The van der Waals surface area contributed by atoms with Crippen LogP contribution in [0.2, 0.25) is 0 Å². The maximum atomic E-state index is 11.8. The second kappa shape index (κ2) is 9.45. The van der Waals surface area contributed by atoms with Crippen LogP contribution in [-0.4, -0.2) is 78.9 Å². The van der Waals surface area contributed by atoms with Gasteiger partial charge in [-0.05, 0) is 32.0 Å². The van der Waals surface area contributed by atoms with Crippen LogP contribution in [-0.2, 0) is 9.53 Å². The van der Waals surface area contributed by atoms with E-state index in [1.54, 1.807) is 19.9 Å². The number of anilines is 1. The molecule has 1 saturated heterocycles. The normalized spacial score (nSPS) is 15.0. The molecule has 0 radical (unpaired) electrons. The number of piperazine rings is 1. The first kappa shape index (κ1) is 21.6. The molecule has 8 heteroatoms. The van der Waals surface area contributed by atoms with Gasteiger partial charge < -0.3 is 24.8 Å². The van der Waals surface area contributed by atoms with Crippen molar-refractivity contribution in [3.63, 3.8) is 0 Å². The van der Waals surface area contributed by atoms with Gasteiger partial charge in [0.2, 0.25) is 0 Å². The van der Waals surface area contributed by atoms with E-state index in [2.05, 4.69) is 16.8 Å². The highest BCUT2D eigenvalue weighted by atomic mass is 16.5. The van der Waals surface area contributed by atoms with Crippen molar-refractivity contribution < 1.29 is 24.2 Å². The van der Waals surface area contributed by atoms with Gasteiger partial charge in [-0.15, -0.1) is 0 Å². The number of methoxy groups -OCH3 is 1. The number of ether oxygens (including phenoxy) is 2. The van der Waals surface area contributed by atoms with Gasteiger partial charge in [0, 0.05) is 44.0 Å². The summed E-state index contributed by atoms with van der Waals surface area (Å²) in [5, 5.41) is 12.1. The molecule has 154 valence electrons. The summed E-state index contributed by atoms with van der Waals surface area (Å²) in [6, 6.07) is 5.56. The zero-order chi connectivity index (χ0) is 20.7. The molecule has 0 saturated carbocycles. The van der Waals surface area contributed by atoms with Crippen molar-refractivity contribution in [2.45, 2.75) is 19.4 Å². The molecule has 1 fully saturated rings. The molecule has 0 atom stereocenters. The monoisotopic (exact) mass is 391 g/mol. The number of amides is 1. The molecule has 1 aliphatic heterocycles. The Labute approximate surface area is 165 Å². The third-order valence-electron chi connectivity index (χ3n) is 4.69. The smallest absolute Gasteiger partial charge is 0.407 e. The SMILES string of the molecule is C=Cc1cc(NC(C)(C)C(=O)OC)ccc1OCCN1CCN(C(=O)O)CC1. The average Bonchev–Trinajstić information content (AvgIpc) is 2.68. The number of hydrogen-bond donors (Lipinski definition) is 2. The molecule has 0 spiro atoms. The predicted molar refractivity (Wildman–Crippen MR) is 108 cm³/mol. The average molecular weight is 391 g/mol. The second-order valence-electron chi connectivity index (χ2n) is 7.16. The van der Waals surface area contributed by atoms with E-state index in [4.69, 9.17) is 14.6 Å². The first-order valence-corrected chi connectivity index (χ1v) is 9.23. The molecule has 2 rings (SSSR count). The van der Waals surface area contributed by atoms with E-state index in [-0.39, 0.29) is 5.97 Å². The van der Waals surface area contributed by atoms with Gasteiger partial charge in [-0.2, -0.15) is 0 Å². The lowest BCUT2D eigenvalue weighted by atomic mass is 10.0. The van der Waals surface area contributed by atoms with Crippen LogP contribution < -0.4 is 10.1 Å². The van der Waals surface area contributed by atoms with Gasteiger partial charge in [0.15, 0.2) is 0 Å². The number of esters is 1. The van der Waals surface area contributed by atoms with Crippen molar-refractivity contribution in [1.29, 1.82) is 0 Å². The van der Waals surface area contributed by atoms with Crippen LogP contribution in [0.4, 0.5) is 10.5 Å². The van der Waals surface area contributed by atoms with E-state index in [1.807, 2.05) is 18.2 Å². The summed E-state index contributed by atoms with van der Waals surface area (Å²) in [4.78, 5) is 26.4. The van der Waals surface area contributed by atoms with Gasteiger partial charge >= 0.3 is 12.1 Å². The van der Waals surface area contributed by atoms with Crippen molar-refractivity contribution in [2.24, 2.45) is 0 Å². The molecule has 1 aliphatic rings. The summed E-state index contributed by atoms with van der Waals surface area (Å²) in [5.74, 6) is 0.358. The molecule has 1 aromatic carbocycles. The Kier molecular flexibility index (Phi) is 7.28. The molecule has 0 aliphatic carbocycles. The van der Waals surface area contributed by atoms with E-state index in [0.29, 0.717) is 38.5 Å². The Hall–Kier alpha value is -2.74. The van der Waals surface area contributed by atoms with Gasteiger partial charge in [-0.25, -0.2) is 9.59 Å². The van der Waals surface area contributed by atoms with Crippen molar-refractivity contribution in [1.82, 2.24) is 9.80 Å². The van der Waals surface area contributed by atoms with Crippen molar-refractivity contribution >= 4 is 23.8 Å². The minimum Gasteiger partial charge on any atom is -0.492 e. The first-order chi connectivity index (χ1) is 13.3. The highest BCUT2D eigenvalue weighted by molar-refractivity contribution is 5.83. The van der Waals surface area contributed by atoms with Crippen molar-refractivity contribution in [2.75, 3.05) is 51.8 Å². The van der Waals surface area contributed by atoms with Crippen LogP contribution in [0.15, 0.2) is 24.8 Å². The van der Waals surface area contributed by atoms with Gasteiger partial charge in [-0.3, -0.25) is 4.90 Å². The van der Waals surface area contributed by atoms with E-state index in [9.17, 15) is 9.59 Å². The van der Waals surface area contributed by atoms with E-state index in [0.717, 1.165) is 17.8 Å². The van der Waals surface area contributed by atoms with Crippen LogP contribution >= 0.6 is 0 Å². The summed E-state index contributed by atoms with van der Waals surface area (Å²) in [5.41, 5.74) is 0.733. The number of carbonyl (C=O) groups is 2. The molecule has 1 amide bonds. The Morgan fingerprint density at radius 2 is 1.96 bits per heavy atom. The van der Waals surface area contributed by atoms with E-state index in [1.165, 1.54) is 12.0 Å². The molecule has 1 aromatic rings. The fourth-order valence-corrected chi connectivity index (χ4v) is 3.03. The zero-order valence-electron chi connectivity index (χ0n) is 16.7. The van der Waals surface area contributed by atoms with Crippen LogP contribution in [0.25, 0.3) is 6.08 Å². The Morgan fingerprint density at radius 3 is 2.54 bits per heavy atom. The lowest BCUT2D eigenvalue weighted by Crippen LogP contribution is -2.49. The molecule has 0 aromatic heterocycles. The Bertz CT molecular complexity index is 712. The third-order valence-corrected chi connectivity index (χ3v) is 4.69. The Morgan fingerprint density at radius 1 is 1.29 bits per heavy atom. The fourth-order valence-electron chi connectivity index (χ4n) is 3.03. The van der Waals surface area contributed by atoms with Crippen LogP contribution in [0.1, 0.15) is 19.4 Å². The van der Waals surface area contributed by atoms with E-state index < -0.39 is 11.6 Å². The van der Waals surface area contributed by atoms with Gasteiger partial charge in [-0.1, -0.05) is 12.7 Å². The highest BCUT2D eigenvalue weighted by Crippen LogP contribution is 2.26. The van der Waals surface area contributed by atoms with E-state index >= 15 is 0 Å². The maximum Gasteiger partial charge on any atom is 0.407 e. The molecule has 0 bridgehead atoms. The number of nitrogens with one attached hydrogen (secondary N) is 1. The van der Waals surface area contributed by atoms with Crippen molar-refractivity contribution in [3.8, 4) is 5.75 Å². The summed E-state index contributed by atoms with van der Waals surface area (Å²) in [6.45, 7) is 11.0. The summed E-state index contributed by atoms with van der Waals surface area (Å²) in [6.07, 6.45) is 0.840. The summed E-state index contributed by atoms with van der Waals surface area (Å²) in [7, 11) is 1.36. The fraction of sp³-hybridized carbons (Fsp3) is 0.500. The maximum absolute atomic E-state index is 11.8. The van der Waals surface area contributed by atoms with Gasteiger partial charge in [0.25, 0.3) is 0 Å². The van der Waals surface area contributed by atoms with Crippen LogP contribution in [0.3, 0.4) is 0 Å². The lowest BCUT2D eigenvalue weighted by Gasteiger charge is -2.32. The van der Waals surface area contributed by atoms with Gasteiger partial charge in [0.05, 0.1) is 7.11 Å². The molecule has 8 nitrogen and oxygen atoms in total. The molecule has 1 heterocycles. The topological polar surface area (TPSA) is 91.3 Å². The first-order valence-electron chi connectivity index (χ1n) is 9.23. The van der Waals surface area contributed by atoms with Crippen LogP contribution in [0.5, 0.6) is 5.75 Å². The minimum absolute atomic E-state index is 0.351. The highest BCUT2D eigenvalue weighted by Gasteiger charge is 2.28. The molecule has 2 N–H and O–H groups in total. The molecular formula is C20H29N3O5. The summed E-state index contributed by atoms with van der Waals surface area (Å²) >= 11 is 0. The van der Waals surface area contributed by atoms with Crippen LogP contribution in [0, 0.1) is 0 Å². The number of carboxylic acid groups (broad SMARTS) is 1. The number of rotatable bonds is 8. The molecule has 28 heavy (non-hydrogen) atoms. The number of carbonyl (C=O) groups excluding carboxylic acids is 1. The largest absolute Gasteiger partial charge is 0.492 e. The minimum atomic E-state index is -0.865. The quantitative estimate of drug-likeness (QED) is 0.657. The standard InChI is InChI=1S/C20H29N3O5/c1-5-15-14-16(21-20(2,3)18(24)27-4)6-7-17(15)28-13-12-22-8-10-23(11-9-22)19(25)26/h5-7,14,21H,1,8-13H2,2-4H3,(H,25,26). The number of hydrogen-bond acceptors (Lipinski definition) is 6. The van der Waals surface area contributed by atoms with Crippen molar-refractivity contribution in [3.05, 3.63) is 30.3 Å². The predicted octanol–water partition coefficient (Wildman–Crippen LogP) is 2.37. The number of nitrogens with zero attached hydrogens (tertiary/aromatic N) is 2.